The van der Waals surface area contributed by atoms with Crippen LogP contribution in [0.25, 0.3) is 0 Å². The minimum Gasteiger partial charge on any atom is -0.465 e. The highest BCUT2D eigenvalue weighted by molar-refractivity contribution is 5.71. The van der Waals surface area contributed by atoms with Gasteiger partial charge in [0.1, 0.15) is 5.60 Å². The Labute approximate surface area is 145 Å². The molecule has 2 rings (SSSR count). The number of esters is 1. The third-order valence-corrected chi connectivity index (χ3v) is 4.89. The van der Waals surface area contributed by atoms with Crippen LogP contribution in [0, 0.1) is 5.41 Å². The van der Waals surface area contributed by atoms with Crippen molar-refractivity contribution in [1.82, 2.24) is 9.80 Å². The number of amides is 1. The lowest BCUT2D eigenvalue weighted by Crippen LogP contribution is -2.52. The van der Waals surface area contributed by atoms with Crippen molar-refractivity contribution in [3.63, 3.8) is 0 Å². The second-order valence-electron chi connectivity index (χ2n) is 8.09. The highest BCUT2D eigenvalue weighted by Crippen LogP contribution is 2.40. The van der Waals surface area contributed by atoms with Crippen LogP contribution in [0.15, 0.2) is 0 Å². The summed E-state index contributed by atoms with van der Waals surface area (Å²) in [6.07, 6.45) is 4.02. The molecule has 2 fully saturated rings. The van der Waals surface area contributed by atoms with Crippen molar-refractivity contribution in [3.8, 4) is 0 Å². The van der Waals surface area contributed by atoms with Crippen LogP contribution in [-0.4, -0.2) is 66.8 Å². The Balaban J connectivity index is 1.86. The molecule has 0 N–H and O–H groups in total. The van der Waals surface area contributed by atoms with Crippen LogP contribution >= 0.6 is 0 Å². The first-order valence-electron chi connectivity index (χ1n) is 9.09. The number of hydrogen-bond donors (Lipinski definition) is 0. The summed E-state index contributed by atoms with van der Waals surface area (Å²) in [7, 11) is 0. The first-order valence-corrected chi connectivity index (χ1v) is 9.09. The molecule has 0 radical (unpaired) electrons. The Hall–Kier alpha value is -1.30. The van der Waals surface area contributed by atoms with Crippen LogP contribution in [0.1, 0.15) is 53.4 Å². The number of rotatable bonds is 3. The molecule has 1 amide bonds. The largest absolute Gasteiger partial charge is 0.465 e. The molecule has 6 heteroatoms. The van der Waals surface area contributed by atoms with E-state index in [1.165, 1.54) is 0 Å². The van der Waals surface area contributed by atoms with Gasteiger partial charge in [-0.05, 0) is 71.9 Å². The minimum absolute atomic E-state index is 0.146. The summed E-state index contributed by atoms with van der Waals surface area (Å²) >= 11 is 0. The van der Waals surface area contributed by atoms with E-state index < -0.39 is 5.60 Å². The molecule has 0 bridgehead atoms. The molecule has 0 aromatic carbocycles. The van der Waals surface area contributed by atoms with Crippen molar-refractivity contribution in [2.24, 2.45) is 5.41 Å². The van der Waals surface area contributed by atoms with Gasteiger partial charge >= 0.3 is 12.1 Å². The molecule has 0 aromatic rings. The maximum atomic E-state index is 12.4. The first-order chi connectivity index (χ1) is 11.2. The van der Waals surface area contributed by atoms with E-state index in [2.05, 4.69) is 4.90 Å². The lowest BCUT2D eigenvalue weighted by Gasteiger charge is -2.47. The molecule has 6 nitrogen and oxygen atoms in total. The smallest absolute Gasteiger partial charge is 0.410 e. The van der Waals surface area contributed by atoms with Gasteiger partial charge in [-0.2, -0.15) is 0 Å². The highest BCUT2D eigenvalue weighted by atomic mass is 16.6. The highest BCUT2D eigenvalue weighted by Gasteiger charge is 2.40. The van der Waals surface area contributed by atoms with Crippen LogP contribution in [0.5, 0.6) is 0 Å². The first kappa shape index (κ1) is 19.0. The van der Waals surface area contributed by atoms with E-state index in [-0.39, 0.29) is 17.5 Å². The predicted octanol–water partition coefficient (Wildman–Crippen LogP) is 2.66. The average molecular weight is 340 g/mol. The molecule has 0 unspecified atom stereocenters. The Morgan fingerprint density at radius 1 is 1.08 bits per heavy atom. The monoisotopic (exact) mass is 340 g/mol. The van der Waals surface area contributed by atoms with E-state index in [1.807, 2.05) is 32.6 Å². The van der Waals surface area contributed by atoms with E-state index in [1.54, 1.807) is 0 Å². The van der Waals surface area contributed by atoms with Gasteiger partial charge in [0.15, 0.2) is 0 Å². The number of piperidine rings is 2. The molecule has 1 spiro atoms. The fourth-order valence-corrected chi connectivity index (χ4v) is 3.67. The number of ether oxygens (including phenoxy) is 2. The zero-order chi connectivity index (χ0) is 17.8. The fourth-order valence-electron chi connectivity index (χ4n) is 3.67. The molecular weight excluding hydrogens is 308 g/mol. The van der Waals surface area contributed by atoms with Crippen LogP contribution in [0.2, 0.25) is 0 Å². The topological polar surface area (TPSA) is 59.1 Å². The molecule has 2 heterocycles. The van der Waals surface area contributed by atoms with Crippen molar-refractivity contribution in [2.75, 3.05) is 39.3 Å². The standard InChI is InChI=1S/C18H32N2O4/c1-5-23-15(21)13-19-11-8-18(9-12-19)7-6-10-20(14-18)16(22)24-17(2,3)4/h5-14H2,1-4H3. The zero-order valence-corrected chi connectivity index (χ0v) is 15.6. The summed E-state index contributed by atoms with van der Waals surface area (Å²) in [6.45, 7) is 11.7. The van der Waals surface area contributed by atoms with E-state index in [0.29, 0.717) is 13.2 Å². The maximum Gasteiger partial charge on any atom is 0.410 e. The van der Waals surface area contributed by atoms with Crippen molar-refractivity contribution in [3.05, 3.63) is 0 Å². The van der Waals surface area contributed by atoms with Crippen molar-refractivity contribution < 1.29 is 19.1 Å². The van der Waals surface area contributed by atoms with E-state index >= 15 is 0 Å². The molecule has 0 atom stereocenters. The molecular formula is C18H32N2O4. The number of likely N-dealkylation sites (tertiary alicyclic amines) is 2. The summed E-state index contributed by atoms with van der Waals surface area (Å²) in [5, 5.41) is 0. The Kier molecular flexibility index (Phi) is 6.12. The normalized spacial score (nSPS) is 21.6. The SMILES string of the molecule is CCOC(=O)CN1CCC2(CCCN(C(=O)OC(C)(C)C)C2)CC1. The summed E-state index contributed by atoms with van der Waals surface area (Å²) in [5.41, 5.74) is -0.273. The Bertz CT molecular complexity index is 450. The van der Waals surface area contributed by atoms with E-state index in [9.17, 15) is 9.59 Å². The van der Waals surface area contributed by atoms with Crippen molar-refractivity contribution >= 4 is 12.1 Å². The quantitative estimate of drug-likeness (QED) is 0.739. The summed E-state index contributed by atoms with van der Waals surface area (Å²) in [5.74, 6) is -0.146. The molecule has 0 saturated carbocycles. The molecule has 0 aliphatic carbocycles. The summed E-state index contributed by atoms with van der Waals surface area (Å²) in [6, 6.07) is 0. The number of carbonyl (C=O) groups excluding carboxylic acids is 2. The average Bonchev–Trinajstić information content (AvgIpc) is 2.49. The minimum atomic E-state index is -0.454. The Morgan fingerprint density at radius 3 is 2.33 bits per heavy atom. The van der Waals surface area contributed by atoms with E-state index in [0.717, 1.165) is 51.9 Å². The van der Waals surface area contributed by atoms with Crippen LogP contribution < -0.4 is 0 Å². The van der Waals surface area contributed by atoms with Gasteiger partial charge in [-0.25, -0.2) is 4.79 Å². The van der Waals surface area contributed by atoms with Gasteiger partial charge in [-0.1, -0.05) is 0 Å². The second-order valence-corrected chi connectivity index (χ2v) is 8.09. The van der Waals surface area contributed by atoms with Gasteiger partial charge in [-0.3, -0.25) is 9.69 Å². The van der Waals surface area contributed by atoms with Gasteiger partial charge in [0.2, 0.25) is 0 Å². The molecule has 24 heavy (non-hydrogen) atoms. The molecule has 2 saturated heterocycles. The molecule has 0 aromatic heterocycles. The molecule has 2 aliphatic rings. The third kappa shape index (κ3) is 5.36. The molecule has 2 aliphatic heterocycles. The van der Waals surface area contributed by atoms with Crippen molar-refractivity contribution in [1.29, 1.82) is 0 Å². The molecule has 138 valence electrons. The lowest BCUT2D eigenvalue weighted by molar-refractivity contribution is -0.145. The van der Waals surface area contributed by atoms with Crippen molar-refractivity contribution in [2.45, 2.75) is 59.0 Å². The maximum absolute atomic E-state index is 12.4. The van der Waals surface area contributed by atoms with Gasteiger partial charge in [0, 0.05) is 13.1 Å². The Morgan fingerprint density at radius 2 is 1.75 bits per heavy atom. The van der Waals surface area contributed by atoms with Gasteiger partial charge in [0.25, 0.3) is 0 Å². The van der Waals surface area contributed by atoms with Gasteiger partial charge < -0.3 is 14.4 Å². The van der Waals surface area contributed by atoms with Crippen LogP contribution in [-0.2, 0) is 14.3 Å². The second kappa shape index (κ2) is 7.72. The number of nitrogens with zero attached hydrogens (tertiary/aromatic N) is 2. The fraction of sp³-hybridized carbons (Fsp3) is 0.889. The number of hydrogen-bond acceptors (Lipinski definition) is 5. The predicted molar refractivity (Wildman–Crippen MR) is 91.8 cm³/mol. The van der Waals surface area contributed by atoms with Gasteiger partial charge in [0.05, 0.1) is 13.2 Å². The zero-order valence-electron chi connectivity index (χ0n) is 15.6. The summed E-state index contributed by atoms with van der Waals surface area (Å²) < 4.78 is 10.6. The van der Waals surface area contributed by atoms with Gasteiger partial charge in [-0.15, -0.1) is 0 Å². The lowest BCUT2D eigenvalue weighted by atomic mass is 9.72. The third-order valence-electron chi connectivity index (χ3n) is 4.89. The van der Waals surface area contributed by atoms with E-state index in [4.69, 9.17) is 9.47 Å². The number of carbonyl (C=O) groups is 2. The van der Waals surface area contributed by atoms with Crippen LogP contribution in [0.4, 0.5) is 4.79 Å². The summed E-state index contributed by atoms with van der Waals surface area (Å²) in [4.78, 5) is 28.0. The van der Waals surface area contributed by atoms with Crippen LogP contribution in [0.3, 0.4) is 0 Å².